The van der Waals surface area contributed by atoms with Gasteiger partial charge in [0.15, 0.2) is 0 Å². The molecule has 0 aliphatic carbocycles. The van der Waals surface area contributed by atoms with Crippen LogP contribution in [0.25, 0.3) is 0 Å². The standard InChI is InChI=1S/C14H12F3N/c15-11-5-2-9(3-6-11)1-4-10-7-12(16)8-13(17)14(10)18/h2-3,5-8H,1,4,18H2. The first kappa shape index (κ1) is 12.5. The average Bonchev–Trinajstić information content (AvgIpc) is 2.34. The van der Waals surface area contributed by atoms with Crippen molar-refractivity contribution in [3.8, 4) is 0 Å². The maximum atomic E-state index is 13.2. The first-order valence-corrected chi connectivity index (χ1v) is 5.54. The van der Waals surface area contributed by atoms with Gasteiger partial charge in [0.05, 0.1) is 5.69 Å². The van der Waals surface area contributed by atoms with Crippen LogP contribution in [0.4, 0.5) is 18.9 Å². The van der Waals surface area contributed by atoms with Crippen molar-refractivity contribution in [1.29, 1.82) is 0 Å². The molecule has 18 heavy (non-hydrogen) atoms. The minimum absolute atomic E-state index is 0.0292. The summed E-state index contributed by atoms with van der Waals surface area (Å²) < 4.78 is 38.9. The summed E-state index contributed by atoms with van der Waals surface area (Å²) in [7, 11) is 0. The number of anilines is 1. The number of benzene rings is 2. The second kappa shape index (κ2) is 5.12. The van der Waals surface area contributed by atoms with Crippen LogP contribution in [0.1, 0.15) is 11.1 Å². The fourth-order valence-corrected chi connectivity index (χ4v) is 1.77. The highest BCUT2D eigenvalue weighted by molar-refractivity contribution is 5.48. The fraction of sp³-hybridized carbons (Fsp3) is 0.143. The van der Waals surface area contributed by atoms with Gasteiger partial charge in [0, 0.05) is 6.07 Å². The minimum Gasteiger partial charge on any atom is -0.396 e. The molecule has 4 heteroatoms. The number of hydrogen-bond donors (Lipinski definition) is 1. The van der Waals surface area contributed by atoms with Gasteiger partial charge in [-0.3, -0.25) is 0 Å². The van der Waals surface area contributed by atoms with Crippen LogP contribution in [0.15, 0.2) is 36.4 Å². The highest BCUT2D eigenvalue weighted by Gasteiger charge is 2.08. The Balaban J connectivity index is 2.13. The molecular formula is C14H12F3N. The van der Waals surface area contributed by atoms with Crippen molar-refractivity contribution in [3.05, 3.63) is 65.0 Å². The van der Waals surface area contributed by atoms with Crippen molar-refractivity contribution in [1.82, 2.24) is 0 Å². The van der Waals surface area contributed by atoms with E-state index in [-0.39, 0.29) is 11.5 Å². The highest BCUT2D eigenvalue weighted by atomic mass is 19.1. The number of aryl methyl sites for hydroxylation is 2. The normalized spacial score (nSPS) is 10.6. The molecule has 2 rings (SSSR count). The molecule has 0 aromatic heterocycles. The summed E-state index contributed by atoms with van der Waals surface area (Å²) in [6, 6.07) is 7.97. The van der Waals surface area contributed by atoms with Crippen LogP contribution in [-0.4, -0.2) is 0 Å². The number of hydrogen-bond acceptors (Lipinski definition) is 1. The van der Waals surface area contributed by atoms with Gasteiger partial charge in [-0.2, -0.15) is 0 Å². The summed E-state index contributed by atoms with van der Waals surface area (Å²) in [5.41, 5.74) is 6.83. The fourth-order valence-electron chi connectivity index (χ4n) is 1.77. The Bertz CT molecular complexity index is 550. The molecule has 0 aliphatic heterocycles. The quantitative estimate of drug-likeness (QED) is 0.830. The van der Waals surface area contributed by atoms with Gasteiger partial charge in [-0.05, 0) is 42.2 Å². The van der Waals surface area contributed by atoms with Crippen molar-refractivity contribution in [3.63, 3.8) is 0 Å². The van der Waals surface area contributed by atoms with Crippen LogP contribution in [-0.2, 0) is 12.8 Å². The van der Waals surface area contributed by atoms with Crippen molar-refractivity contribution in [2.45, 2.75) is 12.8 Å². The van der Waals surface area contributed by atoms with Crippen LogP contribution >= 0.6 is 0 Å². The number of nitrogen functional groups attached to an aromatic ring is 1. The zero-order valence-electron chi connectivity index (χ0n) is 9.59. The van der Waals surface area contributed by atoms with E-state index in [9.17, 15) is 13.2 Å². The van der Waals surface area contributed by atoms with Gasteiger partial charge < -0.3 is 5.73 Å². The molecule has 0 radical (unpaired) electrons. The summed E-state index contributed by atoms with van der Waals surface area (Å²) in [5.74, 6) is -1.70. The van der Waals surface area contributed by atoms with Crippen LogP contribution in [0.3, 0.4) is 0 Å². The monoisotopic (exact) mass is 251 g/mol. The number of nitrogens with two attached hydrogens (primary N) is 1. The highest BCUT2D eigenvalue weighted by Crippen LogP contribution is 2.20. The molecule has 0 heterocycles. The zero-order valence-corrected chi connectivity index (χ0v) is 9.59. The van der Waals surface area contributed by atoms with Gasteiger partial charge in [-0.25, -0.2) is 13.2 Å². The number of halogens is 3. The summed E-state index contributed by atoms with van der Waals surface area (Å²) in [4.78, 5) is 0. The minimum atomic E-state index is -0.746. The number of rotatable bonds is 3. The van der Waals surface area contributed by atoms with Crippen molar-refractivity contribution >= 4 is 5.69 Å². The molecule has 0 bridgehead atoms. The molecule has 0 unspecified atom stereocenters. The molecular weight excluding hydrogens is 239 g/mol. The summed E-state index contributed by atoms with van der Waals surface area (Å²) >= 11 is 0. The topological polar surface area (TPSA) is 26.0 Å². The maximum absolute atomic E-state index is 13.2. The van der Waals surface area contributed by atoms with Gasteiger partial charge in [0.25, 0.3) is 0 Å². The van der Waals surface area contributed by atoms with Crippen molar-refractivity contribution in [2.75, 3.05) is 5.73 Å². The molecule has 2 aromatic rings. The van der Waals surface area contributed by atoms with Gasteiger partial charge in [-0.15, -0.1) is 0 Å². The lowest BCUT2D eigenvalue weighted by atomic mass is 10.0. The molecule has 2 N–H and O–H groups in total. The second-order valence-electron chi connectivity index (χ2n) is 4.09. The average molecular weight is 251 g/mol. The molecule has 0 amide bonds. The smallest absolute Gasteiger partial charge is 0.149 e. The maximum Gasteiger partial charge on any atom is 0.149 e. The first-order valence-electron chi connectivity index (χ1n) is 5.54. The Labute approximate surface area is 103 Å². The summed E-state index contributed by atoms with van der Waals surface area (Å²) in [5, 5.41) is 0. The van der Waals surface area contributed by atoms with E-state index in [0.717, 1.165) is 11.6 Å². The molecule has 0 fully saturated rings. The largest absolute Gasteiger partial charge is 0.396 e. The van der Waals surface area contributed by atoms with Crippen LogP contribution < -0.4 is 5.73 Å². The molecule has 0 aliphatic rings. The van der Waals surface area contributed by atoms with E-state index in [1.54, 1.807) is 12.1 Å². The van der Waals surface area contributed by atoms with E-state index in [2.05, 4.69) is 0 Å². The molecule has 0 atom stereocenters. The van der Waals surface area contributed by atoms with E-state index in [1.165, 1.54) is 18.2 Å². The lowest BCUT2D eigenvalue weighted by Crippen LogP contribution is -2.01. The van der Waals surface area contributed by atoms with E-state index < -0.39 is 11.6 Å². The van der Waals surface area contributed by atoms with E-state index in [4.69, 9.17) is 5.73 Å². The van der Waals surface area contributed by atoms with E-state index in [0.29, 0.717) is 18.4 Å². The van der Waals surface area contributed by atoms with Crippen molar-refractivity contribution < 1.29 is 13.2 Å². The third-order valence-electron chi connectivity index (χ3n) is 2.78. The van der Waals surface area contributed by atoms with E-state index in [1.807, 2.05) is 0 Å². The molecule has 0 spiro atoms. The van der Waals surface area contributed by atoms with Gasteiger partial charge in [-0.1, -0.05) is 12.1 Å². The van der Waals surface area contributed by atoms with Gasteiger partial charge >= 0.3 is 0 Å². The van der Waals surface area contributed by atoms with Crippen LogP contribution in [0, 0.1) is 17.5 Å². The zero-order chi connectivity index (χ0) is 13.1. The first-order chi connectivity index (χ1) is 8.56. The Morgan fingerprint density at radius 1 is 0.833 bits per heavy atom. The second-order valence-corrected chi connectivity index (χ2v) is 4.09. The molecule has 0 saturated heterocycles. The molecule has 0 saturated carbocycles. The summed E-state index contributed by atoms with van der Waals surface area (Å²) in [6.07, 6.45) is 0.958. The SMILES string of the molecule is Nc1c(F)cc(F)cc1CCc1ccc(F)cc1. The van der Waals surface area contributed by atoms with Crippen molar-refractivity contribution in [2.24, 2.45) is 0 Å². The molecule has 2 aromatic carbocycles. The third kappa shape index (κ3) is 2.83. The Morgan fingerprint density at radius 2 is 1.50 bits per heavy atom. The Kier molecular flexibility index (Phi) is 3.55. The lowest BCUT2D eigenvalue weighted by molar-refractivity contribution is 0.583. The predicted octanol–water partition coefficient (Wildman–Crippen LogP) is 3.47. The van der Waals surface area contributed by atoms with Crippen LogP contribution in [0.5, 0.6) is 0 Å². The van der Waals surface area contributed by atoms with Gasteiger partial charge in [0.1, 0.15) is 17.5 Å². The molecule has 1 nitrogen and oxygen atoms in total. The lowest BCUT2D eigenvalue weighted by Gasteiger charge is -2.07. The third-order valence-corrected chi connectivity index (χ3v) is 2.78. The Hall–Kier alpha value is -1.97. The Morgan fingerprint density at radius 3 is 2.17 bits per heavy atom. The van der Waals surface area contributed by atoms with Crippen LogP contribution in [0.2, 0.25) is 0 Å². The molecule has 94 valence electrons. The van der Waals surface area contributed by atoms with Gasteiger partial charge in [0.2, 0.25) is 0 Å². The predicted molar refractivity (Wildman–Crippen MR) is 64.6 cm³/mol. The van der Waals surface area contributed by atoms with E-state index >= 15 is 0 Å². The summed E-state index contributed by atoms with van der Waals surface area (Å²) in [6.45, 7) is 0.